The molecule has 29 heavy (non-hydrogen) atoms. The summed E-state index contributed by atoms with van der Waals surface area (Å²) in [6.07, 6.45) is -3.85. The summed E-state index contributed by atoms with van der Waals surface area (Å²) in [6, 6.07) is 10.3. The van der Waals surface area contributed by atoms with Crippen molar-refractivity contribution >= 4 is 28.9 Å². The van der Waals surface area contributed by atoms with Gasteiger partial charge in [0.15, 0.2) is 0 Å². The number of rotatable bonds is 5. The van der Waals surface area contributed by atoms with Crippen molar-refractivity contribution < 1.29 is 18.0 Å². The van der Waals surface area contributed by atoms with Gasteiger partial charge in [0.2, 0.25) is 5.91 Å². The normalized spacial score (nSPS) is 16.9. The standard InChI is InChI=1S/C20H22ClF3N4O/c21-17-9-14(5-6-18(17)26)28(15-7-8-27(12-15)19(29)10-25)11-13-3-1-2-4-16(13)20(22,23)24/h1-6,9,15H,7-8,10-12,25-26H2/t15-/m0/s1. The summed E-state index contributed by atoms with van der Waals surface area (Å²) in [5.74, 6) is -0.182. The van der Waals surface area contributed by atoms with Gasteiger partial charge in [-0.05, 0) is 36.2 Å². The number of halogens is 4. The number of nitrogens with zero attached hydrogens (tertiary/aromatic N) is 2. The molecule has 1 amide bonds. The van der Waals surface area contributed by atoms with Crippen LogP contribution >= 0.6 is 11.6 Å². The van der Waals surface area contributed by atoms with E-state index in [4.69, 9.17) is 23.1 Å². The number of alkyl halides is 3. The summed E-state index contributed by atoms with van der Waals surface area (Å²) in [4.78, 5) is 15.4. The van der Waals surface area contributed by atoms with Crippen molar-refractivity contribution in [3.63, 3.8) is 0 Å². The average molecular weight is 427 g/mol. The topological polar surface area (TPSA) is 75.6 Å². The molecule has 1 aliphatic rings. The number of carbonyl (C=O) groups is 1. The van der Waals surface area contributed by atoms with Gasteiger partial charge >= 0.3 is 6.18 Å². The molecule has 3 rings (SSSR count). The van der Waals surface area contributed by atoms with Crippen molar-refractivity contribution in [2.24, 2.45) is 5.73 Å². The second-order valence-corrected chi connectivity index (χ2v) is 7.38. The van der Waals surface area contributed by atoms with Crippen LogP contribution in [0.4, 0.5) is 24.5 Å². The van der Waals surface area contributed by atoms with E-state index >= 15 is 0 Å². The number of anilines is 2. The summed E-state index contributed by atoms with van der Waals surface area (Å²) in [5, 5.41) is 0.324. The van der Waals surface area contributed by atoms with E-state index < -0.39 is 11.7 Å². The lowest BCUT2D eigenvalue weighted by Gasteiger charge is -2.32. The van der Waals surface area contributed by atoms with Crippen molar-refractivity contribution in [3.05, 3.63) is 58.6 Å². The van der Waals surface area contributed by atoms with E-state index in [1.165, 1.54) is 12.1 Å². The summed E-state index contributed by atoms with van der Waals surface area (Å²) < 4.78 is 40.5. The molecule has 2 aromatic rings. The molecule has 1 aliphatic heterocycles. The minimum absolute atomic E-state index is 0.0191. The van der Waals surface area contributed by atoms with Crippen molar-refractivity contribution in [1.82, 2.24) is 4.90 Å². The Bertz CT molecular complexity index is 890. The van der Waals surface area contributed by atoms with E-state index in [2.05, 4.69) is 0 Å². The number of nitrogen functional groups attached to an aromatic ring is 1. The zero-order chi connectivity index (χ0) is 21.2. The van der Waals surface area contributed by atoms with Crippen LogP contribution in [0.2, 0.25) is 5.02 Å². The third-order valence-electron chi connectivity index (χ3n) is 5.11. The van der Waals surface area contributed by atoms with E-state index in [0.717, 1.165) is 6.07 Å². The number of likely N-dealkylation sites (tertiary alicyclic amines) is 1. The van der Waals surface area contributed by atoms with Crippen LogP contribution in [0.3, 0.4) is 0 Å². The van der Waals surface area contributed by atoms with E-state index in [9.17, 15) is 18.0 Å². The van der Waals surface area contributed by atoms with Gasteiger partial charge in [0.25, 0.3) is 0 Å². The smallest absolute Gasteiger partial charge is 0.398 e. The second kappa shape index (κ2) is 8.51. The summed E-state index contributed by atoms with van der Waals surface area (Å²) in [5.41, 5.74) is 11.7. The van der Waals surface area contributed by atoms with Gasteiger partial charge in [0, 0.05) is 31.4 Å². The van der Waals surface area contributed by atoms with Crippen LogP contribution in [0, 0.1) is 0 Å². The largest absolute Gasteiger partial charge is 0.416 e. The first kappa shape index (κ1) is 21.3. The van der Waals surface area contributed by atoms with Crippen molar-refractivity contribution in [2.45, 2.75) is 25.2 Å². The molecule has 0 radical (unpaired) electrons. The van der Waals surface area contributed by atoms with Crippen LogP contribution in [0.25, 0.3) is 0 Å². The molecule has 0 spiro atoms. The van der Waals surface area contributed by atoms with Crippen LogP contribution in [-0.4, -0.2) is 36.5 Å². The number of benzene rings is 2. The van der Waals surface area contributed by atoms with Crippen LogP contribution in [0.5, 0.6) is 0 Å². The molecule has 0 saturated carbocycles. The Balaban J connectivity index is 1.96. The molecule has 0 unspecified atom stereocenters. The maximum absolute atomic E-state index is 13.5. The highest BCUT2D eigenvalue weighted by atomic mass is 35.5. The predicted octanol–water partition coefficient (Wildman–Crippen LogP) is 3.51. The molecule has 1 fully saturated rings. The molecule has 9 heteroatoms. The molecule has 5 nitrogen and oxygen atoms in total. The molecule has 4 N–H and O–H groups in total. The molecule has 2 aromatic carbocycles. The van der Waals surface area contributed by atoms with Gasteiger partial charge in [0.05, 0.1) is 22.8 Å². The molecule has 0 aromatic heterocycles. The van der Waals surface area contributed by atoms with E-state index in [0.29, 0.717) is 35.9 Å². The maximum atomic E-state index is 13.5. The zero-order valence-corrected chi connectivity index (χ0v) is 16.4. The maximum Gasteiger partial charge on any atom is 0.416 e. The van der Waals surface area contributed by atoms with Gasteiger partial charge in [-0.3, -0.25) is 4.79 Å². The van der Waals surface area contributed by atoms with Gasteiger partial charge in [-0.2, -0.15) is 13.2 Å². The fraction of sp³-hybridized carbons (Fsp3) is 0.350. The average Bonchev–Trinajstić information content (AvgIpc) is 3.17. The molecule has 0 aliphatic carbocycles. The molecular formula is C20H22ClF3N4O. The fourth-order valence-electron chi connectivity index (χ4n) is 3.60. The Kier molecular flexibility index (Phi) is 6.24. The molecule has 1 saturated heterocycles. The van der Waals surface area contributed by atoms with Gasteiger partial charge in [-0.25, -0.2) is 0 Å². The van der Waals surface area contributed by atoms with Crippen molar-refractivity contribution in [1.29, 1.82) is 0 Å². The van der Waals surface area contributed by atoms with Gasteiger partial charge in [0.1, 0.15) is 0 Å². The van der Waals surface area contributed by atoms with Crippen molar-refractivity contribution in [2.75, 3.05) is 30.3 Å². The Morgan fingerprint density at radius 3 is 2.62 bits per heavy atom. The SMILES string of the molecule is NCC(=O)N1CC[C@H](N(Cc2ccccc2C(F)(F)F)c2ccc(N)c(Cl)c2)C1. The Hall–Kier alpha value is -2.45. The third kappa shape index (κ3) is 4.76. The number of amides is 1. The van der Waals surface area contributed by atoms with Crippen molar-refractivity contribution in [3.8, 4) is 0 Å². The number of hydrogen-bond donors (Lipinski definition) is 2. The van der Waals surface area contributed by atoms with E-state index in [1.807, 2.05) is 4.90 Å². The highest BCUT2D eigenvalue weighted by Crippen LogP contribution is 2.35. The molecular weight excluding hydrogens is 405 g/mol. The third-order valence-corrected chi connectivity index (χ3v) is 5.44. The quantitative estimate of drug-likeness (QED) is 0.717. The Morgan fingerprint density at radius 2 is 1.97 bits per heavy atom. The lowest BCUT2D eigenvalue weighted by Crippen LogP contribution is -2.40. The lowest BCUT2D eigenvalue weighted by atomic mass is 10.0. The fourth-order valence-corrected chi connectivity index (χ4v) is 3.77. The molecule has 156 valence electrons. The lowest BCUT2D eigenvalue weighted by molar-refractivity contribution is -0.138. The highest BCUT2D eigenvalue weighted by molar-refractivity contribution is 6.33. The molecule has 1 heterocycles. The predicted molar refractivity (Wildman–Crippen MR) is 108 cm³/mol. The van der Waals surface area contributed by atoms with Gasteiger partial charge < -0.3 is 21.3 Å². The first-order valence-corrected chi connectivity index (χ1v) is 9.53. The first-order valence-electron chi connectivity index (χ1n) is 9.15. The van der Waals surface area contributed by atoms with E-state index in [-0.39, 0.29) is 30.6 Å². The summed E-state index contributed by atoms with van der Waals surface area (Å²) >= 11 is 6.16. The molecule has 1 atom stereocenters. The van der Waals surface area contributed by atoms with Crippen LogP contribution < -0.4 is 16.4 Å². The van der Waals surface area contributed by atoms with E-state index in [1.54, 1.807) is 29.2 Å². The van der Waals surface area contributed by atoms with Crippen LogP contribution in [0.1, 0.15) is 17.5 Å². The minimum Gasteiger partial charge on any atom is -0.398 e. The van der Waals surface area contributed by atoms with Crippen LogP contribution in [-0.2, 0) is 17.5 Å². The summed E-state index contributed by atoms with van der Waals surface area (Å²) in [7, 11) is 0. The monoisotopic (exact) mass is 426 g/mol. The number of carbonyl (C=O) groups excluding carboxylic acids is 1. The summed E-state index contributed by atoms with van der Waals surface area (Å²) in [6.45, 7) is 0.801. The number of hydrogen-bond acceptors (Lipinski definition) is 4. The van der Waals surface area contributed by atoms with Gasteiger partial charge in [-0.15, -0.1) is 0 Å². The first-order chi connectivity index (χ1) is 13.7. The Morgan fingerprint density at radius 1 is 1.24 bits per heavy atom. The Labute approximate surface area is 172 Å². The minimum atomic E-state index is -4.46. The highest BCUT2D eigenvalue weighted by Gasteiger charge is 2.35. The molecule has 0 bridgehead atoms. The second-order valence-electron chi connectivity index (χ2n) is 6.98. The van der Waals surface area contributed by atoms with Gasteiger partial charge in [-0.1, -0.05) is 29.8 Å². The zero-order valence-electron chi connectivity index (χ0n) is 15.6. The number of nitrogens with two attached hydrogens (primary N) is 2. The van der Waals surface area contributed by atoms with Crippen LogP contribution in [0.15, 0.2) is 42.5 Å².